The average molecular weight is 367 g/mol. The smallest absolute Gasteiger partial charge is 0.0685 e. The number of para-hydroxylation sites is 1. The van der Waals surface area contributed by atoms with E-state index >= 15 is 0 Å². The maximum absolute atomic E-state index is 6.34. The number of hydrogen-bond acceptors (Lipinski definition) is 1. The molecule has 0 spiro atoms. The molecule has 4 aromatic rings. The van der Waals surface area contributed by atoms with Crippen molar-refractivity contribution < 1.29 is 4.74 Å². The van der Waals surface area contributed by atoms with Crippen molar-refractivity contribution in [3.63, 3.8) is 0 Å². The molecule has 1 saturated heterocycles. The molecule has 1 N–H and O–H groups in total. The average Bonchev–Trinajstić information content (AvgIpc) is 3.16. The predicted octanol–water partition coefficient (Wildman–Crippen LogP) is 6.54. The normalized spacial score (nSPS) is 18.2. The van der Waals surface area contributed by atoms with Crippen LogP contribution in [-0.4, -0.2) is 17.7 Å². The number of nitrogens with one attached hydrogen (secondary N) is 1. The number of ether oxygens (including phenoxy) is 1. The minimum Gasteiger partial charge on any atom is -0.377 e. The van der Waals surface area contributed by atoms with Gasteiger partial charge in [0.1, 0.15) is 0 Å². The molecule has 2 atom stereocenters. The lowest BCUT2D eigenvalue weighted by atomic mass is 9.81. The fraction of sp³-hybridized carbons (Fsp3) is 0.231. The monoisotopic (exact) mass is 367 g/mol. The van der Waals surface area contributed by atoms with Crippen LogP contribution in [0.3, 0.4) is 0 Å². The van der Waals surface area contributed by atoms with Crippen molar-refractivity contribution in [2.24, 2.45) is 0 Å². The van der Waals surface area contributed by atoms with E-state index in [2.05, 4.69) is 89.9 Å². The van der Waals surface area contributed by atoms with E-state index < -0.39 is 0 Å². The highest BCUT2D eigenvalue weighted by molar-refractivity contribution is 5.92. The number of aromatic nitrogens is 1. The van der Waals surface area contributed by atoms with Crippen molar-refractivity contribution >= 4 is 10.9 Å². The highest BCUT2D eigenvalue weighted by Gasteiger charge is 2.32. The van der Waals surface area contributed by atoms with Gasteiger partial charge < -0.3 is 9.72 Å². The summed E-state index contributed by atoms with van der Waals surface area (Å²) in [5, 5.41) is 1.30. The van der Waals surface area contributed by atoms with Crippen molar-refractivity contribution in [3.8, 4) is 11.3 Å². The first-order valence-electron chi connectivity index (χ1n) is 10.2. The third-order valence-corrected chi connectivity index (χ3v) is 5.87. The van der Waals surface area contributed by atoms with Gasteiger partial charge in [-0.3, -0.25) is 0 Å². The van der Waals surface area contributed by atoms with Crippen LogP contribution in [-0.2, 0) is 4.74 Å². The summed E-state index contributed by atoms with van der Waals surface area (Å²) in [5.74, 6) is 0.216. The third kappa shape index (κ3) is 3.14. The second-order valence-corrected chi connectivity index (χ2v) is 7.62. The quantitative estimate of drug-likeness (QED) is 0.435. The number of hydrogen-bond donors (Lipinski definition) is 1. The van der Waals surface area contributed by atoms with Gasteiger partial charge in [0.15, 0.2) is 0 Å². The van der Waals surface area contributed by atoms with Crippen LogP contribution in [0.1, 0.15) is 36.3 Å². The van der Waals surface area contributed by atoms with Crippen LogP contribution in [0.4, 0.5) is 0 Å². The Balaban J connectivity index is 1.76. The molecular formula is C26H25NO. The lowest BCUT2D eigenvalue weighted by Gasteiger charge is -2.32. The van der Waals surface area contributed by atoms with Gasteiger partial charge in [-0.25, -0.2) is 0 Å². The van der Waals surface area contributed by atoms with E-state index in [0.29, 0.717) is 0 Å². The summed E-state index contributed by atoms with van der Waals surface area (Å²) in [5.41, 5.74) is 6.32. The van der Waals surface area contributed by atoms with E-state index in [9.17, 15) is 0 Å². The van der Waals surface area contributed by atoms with Crippen molar-refractivity contribution in [1.82, 2.24) is 4.98 Å². The van der Waals surface area contributed by atoms with Crippen molar-refractivity contribution in [2.75, 3.05) is 6.61 Å². The molecule has 0 aliphatic carbocycles. The minimum absolute atomic E-state index is 0.206. The Hall–Kier alpha value is -2.84. The summed E-state index contributed by atoms with van der Waals surface area (Å²) in [7, 11) is 0. The van der Waals surface area contributed by atoms with Crippen molar-refractivity contribution in [2.45, 2.75) is 31.3 Å². The van der Waals surface area contributed by atoms with E-state index in [1.807, 2.05) is 0 Å². The predicted molar refractivity (Wildman–Crippen MR) is 116 cm³/mol. The lowest BCUT2D eigenvalue weighted by molar-refractivity contribution is 0.00669. The van der Waals surface area contributed by atoms with Crippen LogP contribution in [0.25, 0.3) is 22.2 Å². The van der Waals surface area contributed by atoms with Crippen molar-refractivity contribution in [3.05, 3.63) is 96.1 Å². The largest absolute Gasteiger partial charge is 0.377 e. The van der Waals surface area contributed by atoms with E-state index in [1.54, 1.807) is 0 Å². The van der Waals surface area contributed by atoms with Crippen LogP contribution in [0.5, 0.6) is 0 Å². The van der Waals surface area contributed by atoms with Crippen LogP contribution in [0.15, 0.2) is 84.9 Å². The van der Waals surface area contributed by atoms with Gasteiger partial charge in [-0.1, -0.05) is 78.9 Å². The Morgan fingerprint density at radius 1 is 0.786 bits per heavy atom. The highest BCUT2D eigenvalue weighted by atomic mass is 16.5. The summed E-state index contributed by atoms with van der Waals surface area (Å²) in [6, 6.07) is 30.2. The molecule has 0 saturated carbocycles. The molecular weight excluding hydrogens is 342 g/mol. The molecule has 0 bridgehead atoms. The standard InChI is InChI=1S/C26H25NO/c1-3-11-19(12-4-1)24(23-17-9-10-18-28-23)25-21-15-7-8-16-22(21)27-26(25)20-13-5-2-6-14-20/h1-8,11-16,23-24,27H,9-10,17-18H2/t23-,24+/m1/s1. The Morgan fingerprint density at radius 3 is 2.25 bits per heavy atom. The first-order chi connectivity index (χ1) is 13.9. The van der Waals surface area contributed by atoms with Gasteiger partial charge in [-0.15, -0.1) is 0 Å². The highest BCUT2D eigenvalue weighted by Crippen LogP contribution is 2.43. The molecule has 1 aromatic heterocycles. The fourth-order valence-electron chi connectivity index (χ4n) is 4.58. The maximum Gasteiger partial charge on any atom is 0.0685 e. The molecule has 1 aliphatic rings. The lowest BCUT2D eigenvalue weighted by Crippen LogP contribution is -2.27. The zero-order valence-electron chi connectivity index (χ0n) is 16.0. The number of benzene rings is 3. The SMILES string of the molecule is c1ccc(-c2[nH]c3ccccc3c2[C@@H](c2ccccc2)[C@H]2CCCCO2)cc1. The Bertz CT molecular complexity index is 1050. The zero-order chi connectivity index (χ0) is 18.8. The van der Waals surface area contributed by atoms with Gasteiger partial charge in [0.2, 0.25) is 0 Å². The van der Waals surface area contributed by atoms with Crippen LogP contribution in [0.2, 0.25) is 0 Å². The van der Waals surface area contributed by atoms with Gasteiger partial charge in [-0.2, -0.15) is 0 Å². The Kier molecular flexibility index (Phi) is 4.72. The molecule has 2 heteroatoms. The van der Waals surface area contributed by atoms with E-state index in [4.69, 9.17) is 4.74 Å². The molecule has 140 valence electrons. The summed E-state index contributed by atoms with van der Waals surface area (Å²) in [6.45, 7) is 0.858. The van der Waals surface area contributed by atoms with Crippen LogP contribution >= 0.6 is 0 Å². The second kappa shape index (κ2) is 7.65. The van der Waals surface area contributed by atoms with Gasteiger partial charge in [0.25, 0.3) is 0 Å². The molecule has 1 aliphatic heterocycles. The molecule has 1 fully saturated rings. The van der Waals surface area contributed by atoms with Gasteiger partial charge in [-0.05, 0) is 42.0 Å². The van der Waals surface area contributed by atoms with Crippen LogP contribution in [0, 0.1) is 0 Å². The summed E-state index contributed by atoms with van der Waals surface area (Å²) >= 11 is 0. The molecule has 0 unspecified atom stereocenters. The van der Waals surface area contributed by atoms with E-state index in [0.717, 1.165) is 19.4 Å². The van der Waals surface area contributed by atoms with Gasteiger partial charge >= 0.3 is 0 Å². The van der Waals surface area contributed by atoms with Gasteiger partial charge in [0, 0.05) is 23.4 Å². The molecule has 28 heavy (non-hydrogen) atoms. The third-order valence-electron chi connectivity index (χ3n) is 5.87. The molecule has 3 aromatic carbocycles. The first-order valence-corrected chi connectivity index (χ1v) is 10.2. The van der Waals surface area contributed by atoms with Crippen LogP contribution < -0.4 is 0 Å². The molecule has 0 radical (unpaired) electrons. The Labute approximate surface area is 166 Å². The Morgan fingerprint density at radius 2 is 1.50 bits per heavy atom. The maximum atomic E-state index is 6.34. The van der Waals surface area contributed by atoms with Crippen molar-refractivity contribution in [1.29, 1.82) is 0 Å². The van der Waals surface area contributed by atoms with E-state index in [1.165, 1.54) is 39.7 Å². The minimum atomic E-state index is 0.206. The number of H-pyrrole nitrogens is 1. The second-order valence-electron chi connectivity index (χ2n) is 7.62. The van der Waals surface area contributed by atoms with E-state index in [-0.39, 0.29) is 12.0 Å². The molecule has 2 heterocycles. The molecule has 0 amide bonds. The first kappa shape index (κ1) is 17.3. The number of fused-ring (bicyclic) bond motifs is 1. The number of rotatable bonds is 4. The summed E-state index contributed by atoms with van der Waals surface area (Å²) in [4.78, 5) is 3.71. The number of aromatic amines is 1. The van der Waals surface area contributed by atoms with Gasteiger partial charge in [0.05, 0.1) is 11.8 Å². The summed E-state index contributed by atoms with van der Waals surface area (Å²) in [6.07, 6.45) is 3.71. The zero-order valence-corrected chi connectivity index (χ0v) is 16.0. The molecule has 5 rings (SSSR count). The molecule has 2 nitrogen and oxygen atoms in total. The summed E-state index contributed by atoms with van der Waals surface area (Å²) < 4.78 is 6.34. The topological polar surface area (TPSA) is 25.0 Å². The fourth-order valence-corrected chi connectivity index (χ4v) is 4.58.